The average Bonchev–Trinajstić information content (AvgIpc) is 2.92. The molecular weight excluding hydrogens is 270 g/mol. The molecule has 0 saturated heterocycles. The van der Waals surface area contributed by atoms with Gasteiger partial charge in [-0.05, 0) is 24.3 Å². The first-order valence-electron chi connectivity index (χ1n) is 5.99. The summed E-state index contributed by atoms with van der Waals surface area (Å²) in [4.78, 5) is 20.6. The summed E-state index contributed by atoms with van der Waals surface area (Å²) in [5, 5.41) is 9.85. The fraction of sp³-hybridized carbons (Fsp3) is 0.0667. The molecule has 1 atom stereocenters. The number of pyridine rings is 1. The number of Topliss-reactive ketones (excluding diaryl/α,β-unsaturated/α-hetero) is 1. The smallest absolute Gasteiger partial charge is 0.187 e. The fourth-order valence-electron chi connectivity index (χ4n) is 1.92. The SMILES string of the molecule is N#C[C@@H](C(=O)c1ccncc1)c1nc2ccccc2s1. The zero-order valence-corrected chi connectivity index (χ0v) is 11.2. The number of hydrogen-bond acceptors (Lipinski definition) is 5. The average molecular weight is 279 g/mol. The van der Waals surface area contributed by atoms with Gasteiger partial charge in [-0.2, -0.15) is 5.26 Å². The summed E-state index contributed by atoms with van der Waals surface area (Å²) >= 11 is 1.38. The van der Waals surface area contributed by atoms with Crippen molar-refractivity contribution in [3.63, 3.8) is 0 Å². The van der Waals surface area contributed by atoms with E-state index in [1.54, 1.807) is 24.5 Å². The minimum absolute atomic E-state index is 0.242. The van der Waals surface area contributed by atoms with Gasteiger partial charge in [0.1, 0.15) is 5.01 Å². The van der Waals surface area contributed by atoms with Crippen LogP contribution in [0.15, 0.2) is 48.8 Å². The fourth-order valence-corrected chi connectivity index (χ4v) is 2.93. The van der Waals surface area contributed by atoms with Gasteiger partial charge in [-0.15, -0.1) is 11.3 Å². The number of thiazole rings is 1. The van der Waals surface area contributed by atoms with Gasteiger partial charge in [0.2, 0.25) is 0 Å². The summed E-state index contributed by atoms with van der Waals surface area (Å²) in [6.07, 6.45) is 3.08. The van der Waals surface area contributed by atoms with Gasteiger partial charge < -0.3 is 0 Å². The number of carbonyl (C=O) groups is 1. The van der Waals surface area contributed by atoms with Crippen molar-refractivity contribution in [1.29, 1.82) is 5.26 Å². The van der Waals surface area contributed by atoms with Crippen LogP contribution in [-0.2, 0) is 0 Å². The molecule has 0 aliphatic carbocycles. The van der Waals surface area contributed by atoms with Crippen LogP contribution in [0.2, 0.25) is 0 Å². The number of carbonyl (C=O) groups excluding carboxylic acids is 1. The number of ketones is 1. The van der Waals surface area contributed by atoms with Gasteiger partial charge >= 0.3 is 0 Å². The van der Waals surface area contributed by atoms with E-state index in [0.717, 1.165) is 10.2 Å². The van der Waals surface area contributed by atoms with Crippen LogP contribution in [0, 0.1) is 11.3 Å². The summed E-state index contributed by atoms with van der Waals surface area (Å²) in [5.74, 6) is -1.11. The van der Waals surface area contributed by atoms with Crippen molar-refractivity contribution in [2.75, 3.05) is 0 Å². The van der Waals surface area contributed by atoms with E-state index >= 15 is 0 Å². The normalized spacial score (nSPS) is 11.9. The molecule has 0 unspecified atom stereocenters. The van der Waals surface area contributed by atoms with E-state index in [1.165, 1.54) is 11.3 Å². The Morgan fingerprint density at radius 2 is 1.95 bits per heavy atom. The third-order valence-electron chi connectivity index (χ3n) is 2.91. The quantitative estimate of drug-likeness (QED) is 0.690. The van der Waals surface area contributed by atoms with E-state index in [9.17, 15) is 10.1 Å². The van der Waals surface area contributed by atoms with Crippen LogP contribution >= 0.6 is 11.3 Å². The summed E-state index contributed by atoms with van der Waals surface area (Å²) < 4.78 is 0.977. The molecule has 0 aliphatic rings. The van der Waals surface area contributed by atoms with Crippen molar-refractivity contribution >= 4 is 27.3 Å². The van der Waals surface area contributed by atoms with Crippen molar-refractivity contribution in [2.24, 2.45) is 0 Å². The maximum Gasteiger partial charge on any atom is 0.187 e. The number of para-hydroxylation sites is 1. The Labute approximate surface area is 119 Å². The Hall–Kier alpha value is -2.58. The number of fused-ring (bicyclic) bond motifs is 1. The molecule has 96 valence electrons. The molecule has 2 heterocycles. The molecule has 3 rings (SSSR count). The Bertz CT molecular complexity index is 772. The van der Waals surface area contributed by atoms with Gasteiger partial charge in [-0.1, -0.05) is 12.1 Å². The first-order chi connectivity index (χ1) is 9.79. The Morgan fingerprint density at radius 1 is 1.20 bits per heavy atom. The Kier molecular flexibility index (Phi) is 3.23. The molecule has 0 spiro atoms. The van der Waals surface area contributed by atoms with E-state index < -0.39 is 5.92 Å². The summed E-state index contributed by atoms with van der Waals surface area (Å²) in [6.45, 7) is 0. The van der Waals surface area contributed by atoms with E-state index in [2.05, 4.69) is 16.0 Å². The molecule has 2 aromatic heterocycles. The van der Waals surface area contributed by atoms with Crippen molar-refractivity contribution in [2.45, 2.75) is 5.92 Å². The van der Waals surface area contributed by atoms with E-state index in [1.807, 2.05) is 24.3 Å². The molecule has 0 saturated carbocycles. The molecule has 0 fully saturated rings. The van der Waals surface area contributed by atoms with Crippen LogP contribution in [-0.4, -0.2) is 15.8 Å². The monoisotopic (exact) mass is 279 g/mol. The molecule has 0 radical (unpaired) electrons. The molecule has 3 aromatic rings. The van der Waals surface area contributed by atoms with Crippen LogP contribution < -0.4 is 0 Å². The second-order valence-electron chi connectivity index (χ2n) is 4.18. The van der Waals surface area contributed by atoms with Crippen LogP contribution in [0.1, 0.15) is 21.3 Å². The first-order valence-corrected chi connectivity index (χ1v) is 6.80. The van der Waals surface area contributed by atoms with Crippen LogP contribution in [0.3, 0.4) is 0 Å². The van der Waals surface area contributed by atoms with Gasteiger partial charge in [0.25, 0.3) is 0 Å². The number of hydrogen-bond donors (Lipinski definition) is 0. The van der Waals surface area contributed by atoms with E-state index in [0.29, 0.717) is 10.6 Å². The maximum atomic E-state index is 12.4. The third-order valence-corrected chi connectivity index (χ3v) is 4.01. The minimum Gasteiger partial charge on any atom is -0.292 e. The van der Waals surface area contributed by atoms with Crippen LogP contribution in [0.4, 0.5) is 0 Å². The van der Waals surface area contributed by atoms with Crippen molar-refractivity contribution in [3.8, 4) is 6.07 Å². The van der Waals surface area contributed by atoms with E-state index in [4.69, 9.17) is 0 Å². The third kappa shape index (κ3) is 2.17. The summed E-state index contributed by atoms with van der Waals surface area (Å²) in [7, 11) is 0. The lowest BCUT2D eigenvalue weighted by Crippen LogP contribution is -2.10. The van der Waals surface area contributed by atoms with Crippen LogP contribution in [0.5, 0.6) is 0 Å². The van der Waals surface area contributed by atoms with Gasteiger partial charge in [0.15, 0.2) is 11.7 Å². The molecule has 0 amide bonds. The van der Waals surface area contributed by atoms with Gasteiger partial charge in [0.05, 0.1) is 16.3 Å². The molecule has 20 heavy (non-hydrogen) atoms. The molecule has 4 nitrogen and oxygen atoms in total. The molecule has 0 N–H and O–H groups in total. The lowest BCUT2D eigenvalue weighted by Gasteiger charge is -2.04. The minimum atomic E-state index is -0.866. The molecule has 0 aliphatic heterocycles. The highest BCUT2D eigenvalue weighted by Gasteiger charge is 2.25. The summed E-state index contributed by atoms with van der Waals surface area (Å²) in [5.41, 5.74) is 1.29. The number of benzene rings is 1. The number of aromatic nitrogens is 2. The first kappa shape index (κ1) is 12.5. The zero-order valence-electron chi connectivity index (χ0n) is 10.4. The van der Waals surface area contributed by atoms with Crippen molar-refractivity contribution < 1.29 is 4.79 Å². The lowest BCUT2D eigenvalue weighted by molar-refractivity contribution is 0.0979. The molecule has 1 aromatic carbocycles. The van der Waals surface area contributed by atoms with Gasteiger partial charge in [0, 0.05) is 18.0 Å². The van der Waals surface area contributed by atoms with Crippen molar-refractivity contribution in [1.82, 2.24) is 9.97 Å². The topological polar surface area (TPSA) is 66.6 Å². The second kappa shape index (κ2) is 5.19. The highest BCUT2D eigenvalue weighted by molar-refractivity contribution is 7.18. The zero-order chi connectivity index (χ0) is 13.9. The van der Waals surface area contributed by atoms with Crippen molar-refractivity contribution in [3.05, 3.63) is 59.4 Å². The predicted molar refractivity (Wildman–Crippen MR) is 76.5 cm³/mol. The maximum absolute atomic E-state index is 12.4. The second-order valence-corrected chi connectivity index (χ2v) is 5.24. The molecular formula is C15H9N3OS. The number of rotatable bonds is 3. The standard InChI is InChI=1S/C15H9N3OS/c16-9-11(14(19)10-5-7-17-8-6-10)15-18-12-3-1-2-4-13(12)20-15/h1-8,11H/t11-/m0/s1. The predicted octanol–water partition coefficient (Wildman–Crippen LogP) is 3.18. The number of nitrogens with zero attached hydrogens (tertiary/aromatic N) is 3. The molecule has 5 heteroatoms. The summed E-state index contributed by atoms with van der Waals surface area (Å²) in [6, 6.07) is 12.9. The Morgan fingerprint density at radius 3 is 2.65 bits per heavy atom. The van der Waals surface area contributed by atoms with Gasteiger partial charge in [-0.25, -0.2) is 4.98 Å². The highest BCUT2D eigenvalue weighted by Crippen LogP contribution is 2.29. The number of nitriles is 1. The lowest BCUT2D eigenvalue weighted by atomic mass is 10.0. The van der Waals surface area contributed by atoms with E-state index in [-0.39, 0.29) is 5.78 Å². The van der Waals surface area contributed by atoms with Crippen LogP contribution in [0.25, 0.3) is 10.2 Å². The largest absolute Gasteiger partial charge is 0.292 e. The highest BCUT2D eigenvalue weighted by atomic mass is 32.1. The van der Waals surface area contributed by atoms with Gasteiger partial charge in [-0.3, -0.25) is 9.78 Å². The Balaban J connectivity index is 2.02. The molecule has 0 bridgehead atoms.